The normalized spacial score (nSPS) is 8.00. The summed E-state index contributed by atoms with van der Waals surface area (Å²) in [6.45, 7) is 7.60. The molecule has 0 aromatic rings. The molecule has 0 unspecified atom stereocenters. The molecule has 0 aromatic heterocycles. The van der Waals surface area contributed by atoms with E-state index in [1.807, 2.05) is 6.07 Å². The molecule has 54 valence electrons. The summed E-state index contributed by atoms with van der Waals surface area (Å²) in [5, 5.41) is 11.2. The maximum atomic E-state index is 8.28. The van der Waals surface area contributed by atoms with Gasteiger partial charge in [-0.3, -0.25) is 0 Å². The van der Waals surface area contributed by atoms with Crippen LogP contribution in [0, 0.1) is 11.3 Å². The maximum Gasteiger partial charge on any atom is 0.0959 e. The van der Waals surface area contributed by atoms with Crippen LogP contribution >= 0.6 is 12.6 Å². The van der Waals surface area contributed by atoms with Gasteiger partial charge in [0.2, 0.25) is 0 Å². The van der Waals surface area contributed by atoms with Crippen molar-refractivity contribution in [1.29, 1.82) is 5.26 Å². The fraction of sp³-hybridized carbons (Fsp3) is 0.286. The molecule has 0 rings (SSSR count). The number of nitrogens with zero attached hydrogens (tertiary/aromatic N) is 1. The molecule has 0 atom stereocenters. The van der Waals surface area contributed by atoms with Crippen LogP contribution in [0.3, 0.4) is 0 Å². The molecule has 3 heteroatoms. The molecule has 0 amide bonds. The lowest BCUT2D eigenvalue weighted by atomic mass is 10.3. The van der Waals surface area contributed by atoms with Crippen molar-refractivity contribution in [3.05, 3.63) is 24.4 Å². The highest BCUT2D eigenvalue weighted by molar-refractivity contribution is 7.80. The van der Waals surface area contributed by atoms with E-state index < -0.39 is 0 Å². The van der Waals surface area contributed by atoms with E-state index in [0.29, 0.717) is 17.9 Å². The lowest BCUT2D eigenvalue weighted by molar-refractivity contribution is 0.898. The number of hydrogen-bond donors (Lipinski definition) is 2. The third kappa shape index (κ3) is 4.04. The van der Waals surface area contributed by atoms with Crippen molar-refractivity contribution in [1.82, 2.24) is 5.32 Å². The third-order valence-electron chi connectivity index (χ3n) is 0.901. The van der Waals surface area contributed by atoms with Gasteiger partial charge in [0.25, 0.3) is 0 Å². The predicted molar refractivity (Wildman–Crippen MR) is 45.7 cm³/mol. The van der Waals surface area contributed by atoms with Gasteiger partial charge >= 0.3 is 0 Å². The molecule has 0 radical (unpaired) electrons. The molecule has 2 nitrogen and oxygen atoms in total. The van der Waals surface area contributed by atoms with E-state index in [4.69, 9.17) is 5.26 Å². The van der Waals surface area contributed by atoms with Gasteiger partial charge in [0.05, 0.1) is 6.07 Å². The Hall–Kier alpha value is -0.880. The van der Waals surface area contributed by atoms with Gasteiger partial charge in [-0.2, -0.15) is 17.9 Å². The average Bonchev–Trinajstić information content (AvgIpc) is 1.99. The van der Waals surface area contributed by atoms with Gasteiger partial charge in [-0.25, -0.2) is 0 Å². The molecule has 10 heavy (non-hydrogen) atoms. The summed E-state index contributed by atoms with van der Waals surface area (Å²) in [6.07, 6.45) is 0. The molecule has 0 saturated carbocycles. The van der Waals surface area contributed by atoms with Gasteiger partial charge in [0.1, 0.15) is 0 Å². The second-order valence-corrected chi connectivity index (χ2v) is 2.15. The number of rotatable bonds is 4. The molecular formula is C7H10N2S. The second-order valence-electron chi connectivity index (χ2n) is 1.83. The summed E-state index contributed by atoms with van der Waals surface area (Å²) in [5.74, 6) is 0.582. The first kappa shape index (κ1) is 9.12. The van der Waals surface area contributed by atoms with Crippen LogP contribution in [-0.2, 0) is 0 Å². The van der Waals surface area contributed by atoms with Crippen molar-refractivity contribution in [3.8, 4) is 6.07 Å². The van der Waals surface area contributed by atoms with Gasteiger partial charge in [-0.15, -0.1) is 0 Å². The van der Waals surface area contributed by atoms with Crippen molar-refractivity contribution in [2.75, 3.05) is 12.3 Å². The molecular weight excluding hydrogens is 144 g/mol. The van der Waals surface area contributed by atoms with E-state index >= 15 is 0 Å². The summed E-state index contributed by atoms with van der Waals surface area (Å²) >= 11 is 3.97. The topological polar surface area (TPSA) is 35.8 Å². The van der Waals surface area contributed by atoms with Crippen molar-refractivity contribution >= 4 is 12.6 Å². The Morgan fingerprint density at radius 1 is 1.60 bits per heavy atom. The summed E-state index contributed by atoms with van der Waals surface area (Å²) in [7, 11) is 0. The van der Waals surface area contributed by atoms with Crippen LogP contribution in [-0.4, -0.2) is 12.3 Å². The van der Waals surface area contributed by atoms with E-state index in [1.165, 1.54) is 0 Å². The molecule has 0 fully saturated rings. The van der Waals surface area contributed by atoms with Gasteiger partial charge in [0.15, 0.2) is 0 Å². The van der Waals surface area contributed by atoms with Gasteiger partial charge in [-0.1, -0.05) is 13.2 Å². The van der Waals surface area contributed by atoms with Gasteiger partial charge < -0.3 is 5.32 Å². The Balaban J connectivity index is 3.48. The van der Waals surface area contributed by atoms with Crippen LogP contribution in [0.2, 0.25) is 0 Å². The zero-order chi connectivity index (χ0) is 7.98. The van der Waals surface area contributed by atoms with Crippen LogP contribution in [0.15, 0.2) is 24.4 Å². The van der Waals surface area contributed by atoms with E-state index in [-0.39, 0.29) is 0 Å². The summed E-state index contributed by atoms with van der Waals surface area (Å²) in [4.78, 5) is 0. The Kier molecular flexibility index (Phi) is 4.51. The molecule has 0 spiro atoms. The fourth-order valence-corrected chi connectivity index (χ4v) is 0.439. The highest BCUT2D eigenvalue weighted by Crippen LogP contribution is 1.89. The summed E-state index contributed by atoms with van der Waals surface area (Å²) in [5.41, 5.74) is 1.31. The van der Waals surface area contributed by atoms with E-state index in [9.17, 15) is 0 Å². The van der Waals surface area contributed by atoms with Crippen LogP contribution in [0.4, 0.5) is 0 Å². The van der Waals surface area contributed by atoms with Crippen molar-refractivity contribution < 1.29 is 0 Å². The number of nitrogens with one attached hydrogen (secondary N) is 1. The van der Waals surface area contributed by atoms with Crippen LogP contribution < -0.4 is 5.32 Å². The largest absolute Gasteiger partial charge is 0.383 e. The van der Waals surface area contributed by atoms with Gasteiger partial charge in [0, 0.05) is 23.6 Å². The fourth-order valence-electron chi connectivity index (χ4n) is 0.327. The summed E-state index contributed by atoms with van der Waals surface area (Å²) < 4.78 is 0. The maximum absolute atomic E-state index is 8.28. The Labute approximate surface area is 66.6 Å². The molecule has 0 aliphatic rings. The highest BCUT2D eigenvalue weighted by Gasteiger charge is 1.90. The van der Waals surface area contributed by atoms with Crippen molar-refractivity contribution in [2.45, 2.75) is 0 Å². The van der Waals surface area contributed by atoms with Crippen LogP contribution in [0.25, 0.3) is 0 Å². The quantitative estimate of drug-likeness (QED) is 0.470. The smallest absolute Gasteiger partial charge is 0.0959 e. The molecule has 0 heterocycles. The van der Waals surface area contributed by atoms with Crippen LogP contribution in [0.1, 0.15) is 0 Å². The monoisotopic (exact) mass is 154 g/mol. The Bertz CT molecular complexity index is 179. The Morgan fingerprint density at radius 2 is 2.20 bits per heavy atom. The number of nitriles is 1. The number of thiol groups is 1. The lowest BCUT2D eigenvalue weighted by Crippen LogP contribution is -2.15. The van der Waals surface area contributed by atoms with E-state index in [1.54, 1.807) is 0 Å². The lowest BCUT2D eigenvalue weighted by Gasteiger charge is -2.03. The minimum atomic E-state index is 0.468. The third-order valence-corrected chi connectivity index (χ3v) is 1.28. The SMILES string of the molecule is C=C(C#N)CNC(=C)CS. The minimum absolute atomic E-state index is 0.468. The van der Waals surface area contributed by atoms with Gasteiger partial charge in [-0.05, 0) is 0 Å². The van der Waals surface area contributed by atoms with Crippen molar-refractivity contribution in [2.24, 2.45) is 0 Å². The van der Waals surface area contributed by atoms with E-state index in [2.05, 4.69) is 31.1 Å². The first-order valence-corrected chi connectivity index (χ1v) is 3.44. The number of hydrogen-bond acceptors (Lipinski definition) is 3. The molecule has 0 bridgehead atoms. The van der Waals surface area contributed by atoms with E-state index in [0.717, 1.165) is 5.70 Å². The molecule has 0 saturated heterocycles. The molecule has 0 aromatic carbocycles. The summed E-state index contributed by atoms with van der Waals surface area (Å²) in [6, 6.07) is 1.92. The zero-order valence-electron chi connectivity index (χ0n) is 5.72. The zero-order valence-corrected chi connectivity index (χ0v) is 6.62. The Morgan fingerprint density at radius 3 is 2.60 bits per heavy atom. The molecule has 1 N–H and O–H groups in total. The average molecular weight is 154 g/mol. The van der Waals surface area contributed by atoms with Crippen LogP contribution in [0.5, 0.6) is 0 Å². The molecule has 0 aliphatic heterocycles. The molecule has 0 aliphatic carbocycles. The highest BCUT2D eigenvalue weighted by atomic mass is 32.1. The second kappa shape index (κ2) is 4.95. The van der Waals surface area contributed by atoms with Crippen molar-refractivity contribution in [3.63, 3.8) is 0 Å². The minimum Gasteiger partial charge on any atom is -0.383 e. The first-order chi connectivity index (χ1) is 4.70. The standard InChI is InChI=1S/C7H10N2S/c1-6(3-8)4-9-7(2)5-10/h9-10H,1-2,4-5H2. The predicted octanol–water partition coefficient (Wildman–Crippen LogP) is 1.10. The first-order valence-electron chi connectivity index (χ1n) is 2.81.